The van der Waals surface area contributed by atoms with Crippen LogP contribution < -0.4 is 5.46 Å². The van der Waals surface area contributed by atoms with Gasteiger partial charge in [-0.3, -0.25) is 4.98 Å². The highest BCUT2D eigenvalue weighted by Crippen LogP contribution is 2.36. The van der Waals surface area contributed by atoms with Crippen molar-refractivity contribution in [3.8, 4) is 11.3 Å². The zero-order chi connectivity index (χ0) is 16.0. The molecule has 1 fully saturated rings. The number of rotatable bonds is 2. The Kier molecular flexibility index (Phi) is 3.62. The molecule has 3 rings (SSSR count). The Morgan fingerprint density at radius 1 is 0.955 bits per heavy atom. The lowest BCUT2D eigenvalue weighted by Gasteiger charge is -2.32. The van der Waals surface area contributed by atoms with Crippen LogP contribution in [0.5, 0.6) is 0 Å². The number of aromatic nitrogens is 1. The van der Waals surface area contributed by atoms with Crippen molar-refractivity contribution in [2.75, 3.05) is 0 Å². The molecule has 0 unspecified atom stereocenters. The van der Waals surface area contributed by atoms with Gasteiger partial charge in [-0.05, 0) is 46.2 Å². The van der Waals surface area contributed by atoms with Gasteiger partial charge >= 0.3 is 7.12 Å². The van der Waals surface area contributed by atoms with E-state index in [4.69, 9.17) is 9.31 Å². The summed E-state index contributed by atoms with van der Waals surface area (Å²) in [6.45, 7) is 10.3. The fourth-order valence-corrected chi connectivity index (χ4v) is 2.55. The maximum absolute atomic E-state index is 6.11. The predicted octanol–water partition coefficient (Wildman–Crippen LogP) is 3.36. The van der Waals surface area contributed by atoms with Gasteiger partial charge in [-0.25, -0.2) is 0 Å². The maximum Gasteiger partial charge on any atom is 0.496 e. The first kappa shape index (κ1) is 15.3. The number of pyridine rings is 1. The molecule has 0 atom stereocenters. The highest BCUT2D eigenvalue weighted by molar-refractivity contribution is 6.62. The molecule has 0 aliphatic carbocycles. The van der Waals surface area contributed by atoms with Crippen molar-refractivity contribution in [1.29, 1.82) is 0 Å². The van der Waals surface area contributed by atoms with Gasteiger partial charge in [0.1, 0.15) is 0 Å². The average molecular weight is 295 g/mol. The third kappa shape index (κ3) is 2.57. The van der Waals surface area contributed by atoms with Gasteiger partial charge < -0.3 is 9.31 Å². The van der Waals surface area contributed by atoms with Crippen molar-refractivity contribution >= 4 is 12.6 Å². The minimum absolute atomic E-state index is 0.331. The van der Waals surface area contributed by atoms with Crippen LogP contribution >= 0.6 is 0 Å². The molecule has 1 saturated heterocycles. The third-order valence-corrected chi connectivity index (χ3v) is 4.73. The van der Waals surface area contributed by atoms with Gasteiger partial charge in [-0.1, -0.05) is 30.3 Å². The van der Waals surface area contributed by atoms with Crippen LogP contribution in [-0.2, 0) is 9.31 Å². The molecule has 0 saturated carbocycles. The largest absolute Gasteiger partial charge is 0.496 e. The van der Waals surface area contributed by atoms with E-state index >= 15 is 0 Å². The zero-order valence-corrected chi connectivity index (χ0v) is 13.9. The van der Waals surface area contributed by atoms with E-state index in [1.165, 1.54) is 0 Å². The number of nitrogens with zero attached hydrogens (tertiary/aromatic N) is 1. The number of hydrogen-bond acceptors (Lipinski definition) is 3. The molecular formula is C18H22BNO2. The summed E-state index contributed by atoms with van der Waals surface area (Å²) in [5.74, 6) is 0. The normalized spacial score (nSPS) is 19.4. The zero-order valence-electron chi connectivity index (χ0n) is 13.9. The van der Waals surface area contributed by atoms with Gasteiger partial charge in [-0.15, -0.1) is 0 Å². The average Bonchev–Trinajstić information content (AvgIpc) is 2.68. The standard InChI is InChI=1S/C18H22BNO2/c1-13-11-16(14-9-7-6-8-10-14)20-12-15(13)19-21-17(2,3)18(4,5)22-19/h6-12H,1-5H3. The van der Waals surface area contributed by atoms with Crippen LogP contribution in [0.3, 0.4) is 0 Å². The molecule has 114 valence electrons. The number of hydrogen-bond donors (Lipinski definition) is 0. The molecule has 2 heterocycles. The van der Waals surface area contributed by atoms with Gasteiger partial charge in [-0.2, -0.15) is 0 Å². The highest BCUT2D eigenvalue weighted by Gasteiger charge is 2.52. The quantitative estimate of drug-likeness (QED) is 0.796. The van der Waals surface area contributed by atoms with Gasteiger partial charge in [0.2, 0.25) is 0 Å². The molecule has 0 N–H and O–H groups in total. The molecule has 1 aliphatic rings. The summed E-state index contributed by atoms with van der Waals surface area (Å²) in [7, 11) is -0.359. The summed E-state index contributed by atoms with van der Waals surface area (Å²) in [5.41, 5.74) is 3.56. The first-order valence-corrected chi connectivity index (χ1v) is 7.68. The summed E-state index contributed by atoms with van der Waals surface area (Å²) in [5, 5.41) is 0. The summed E-state index contributed by atoms with van der Waals surface area (Å²) in [6.07, 6.45) is 1.87. The van der Waals surface area contributed by atoms with Gasteiger partial charge in [0.25, 0.3) is 0 Å². The van der Waals surface area contributed by atoms with E-state index in [-0.39, 0.29) is 18.3 Å². The SMILES string of the molecule is Cc1cc(-c2ccccc2)ncc1B1OC(C)(C)C(C)(C)O1. The summed E-state index contributed by atoms with van der Waals surface area (Å²) in [4.78, 5) is 4.59. The van der Waals surface area contributed by atoms with Crippen molar-refractivity contribution in [2.45, 2.75) is 45.8 Å². The van der Waals surface area contributed by atoms with Crippen LogP contribution in [0.25, 0.3) is 11.3 Å². The Morgan fingerprint density at radius 3 is 2.09 bits per heavy atom. The van der Waals surface area contributed by atoms with E-state index in [1.807, 2.05) is 24.4 Å². The van der Waals surface area contributed by atoms with Gasteiger partial charge in [0, 0.05) is 17.2 Å². The molecule has 1 aromatic carbocycles. The lowest BCUT2D eigenvalue weighted by atomic mass is 9.77. The molecule has 22 heavy (non-hydrogen) atoms. The Hall–Kier alpha value is -1.65. The Labute approximate surface area is 132 Å². The van der Waals surface area contributed by atoms with E-state index in [2.05, 4.69) is 57.8 Å². The lowest BCUT2D eigenvalue weighted by Crippen LogP contribution is -2.41. The molecule has 3 nitrogen and oxygen atoms in total. The minimum Gasteiger partial charge on any atom is -0.399 e. The molecule has 1 aliphatic heterocycles. The Bertz CT molecular complexity index is 667. The minimum atomic E-state index is -0.359. The molecule has 0 amide bonds. The summed E-state index contributed by atoms with van der Waals surface area (Å²) < 4.78 is 12.2. The Morgan fingerprint density at radius 2 is 1.55 bits per heavy atom. The van der Waals surface area contributed by atoms with E-state index in [0.717, 1.165) is 22.3 Å². The van der Waals surface area contributed by atoms with Crippen LogP contribution in [0.2, 0.25) is 0 Å². The first-order valence-electron chi connectivity index (χ1n) is 7.68. The van der Waals surface area contributed by atoms with Crippen molar-refractivity contribution in [3.63, 3.8) is 0 Å². The Balaban J connectivity index is 1.91. The number of benzene rings is 1. The second-order valence-corrected chi connectivity index (χ2v) is 6.88. The summed E-state index contributed by atoms with van der Waals surface area (Å²) >= 11 is 0. The summed E-state index contributed by atoms with van der Waals surface area (Å²) in [6, 6.07) is 12.3. The van der Waals surface area contributed by atoms with Crippen LogP contribution in [0, 0.1) is 6.92 Å². The van der Waals surface area contributed by atoms with Gasteiger partial charge in [0.15, 0.2) is 0 Å². The smallest absolute Gasteiger partial charge is 0.399 e. The lowest BCUT2D eigenvalue weighted by molar-refractivity contribution is 0.00578. The second-order valence-electron chi connectivity index (χ2n) is 6.88. The van der Waals surface area contributed by atoms with Crippen LogP contribution in [-0.4, -0.2) is 23.3 Å². The molecule has 1 aromatic heterocycles. The van der Waals surface area contributed by atoms with E-state index in [9.17, 15) is 0 Å². The predicted molar refractivity (Wildman–Crippen MR) is 90.1 cm³/mol. The molecule has 0 radical (unpaired) electrons. The van der Waals surface area contributed by atoms with Crippen LogP contribution in [0.4, 0.5) is 0 Å². The molecule has 2 aromatic rings. The van der Waals surface area contributed by atoms with Crippen molar-refractivity contribution < 1.29 is 9.31 Å². The molecule has 4 heteroatoms. The monoisotopic (exact) mass is 295 g/mol. The van der Waals surface area contributed by atoms with E-state index in [1.54, 1.807) is 0 Å². The highest BCUT2D eigenvalue weighted by atomic mass is 16.7. The fraction of sp³-hybridized carbons (Fsp3) is 0.389. The van der Waals surface area contributed by atoms with Crippen molar-refractivity contribution in [1.82, 2.24) is 4.98 Å². The second kappa shape index (κ2) is 5.22. The van der Waals surface area contributed by atoms with E-state index in [0.29, 0.717) is 0 Å². The van der Waals surface area contributed by atoms with Gasteiger partial charge in [0.05, 0.1) is 16.9 Å². The third-order valence-electron chi connectivity index (χ3n) is 4.73. The van der Waals surface area contributed by atoms with E-state index < -0.39 is 0 Å². The topological polar surface area (TPSA) is 31.4 Å². The first-order chi connectivity index (χ1) is 10.3. The maximum atomic E-state index is 6.11. The van der Waals surface area contributed by atoms with Crippen molar-refractivity contribution in [3.05, 3.63) is 48.2 Å². The van der Waals surface area contributed by atoms with Crippen molar-refractivity contribution in [2.24, 2.45) is 0 Å². The number of aryl methyl sites for hydroxylation is 1. The fourth-order valence-electron chi connectivity index (χ4n) is 2.55. The molecular weight excluding hydrogens is 273 g/mol. The molecule has 0 bridgehead atoms. The molecule has 0 spiro atoms. The van der Waals surface area contributed by atoms with Crippen LogP contribution in [0.15, 0.2) is 42.6 Å². The van der Waals surface area contributed by atoms with Crippen LogP contribution in [0.1, 0.15) is 33.3 Å².